The first-order valence-corrected chi connectivity index (χ1v) is 8.01. The highest BCUT2D eigenvalue weighted by Gasteiger charge is 2.05. The van der Waals surface area contributed by atoms with Crippen molar-refractivity contribution in [3.05, 3.63) is 42.2 Å². The molecule has 0 aliphatic heterocycles. The highest BCUT2D eigenvalue weighted by atomic mass is 32.2. The van der Waals surface area contributed by atoms with E-state index in [2.05, 4.69) is 48.1 Å². The summed E-state index contributed by atoms with van der Waals surface area (Å²) in [6, 6.07) is 8.58. The molecule has 2 aromatic rings. The van der Waals surface area contributed by atoms with Gasteiger partial charge in [-0.25, -0.2) is 9.97 Å². The van der Waals surface area contributed by atoms with Crippen LogP contribution in [0.3, 0.4) is 0 Å². The molecule has 1 atom stereocenters. The Morgan fingerprint density at radius 1 is 1.10 bits per heavy atom. The van der Waals surface area contributed by atoms with E-state index < -0.39 is 0 Å². The molecule has 2 N–H and O–H groups in total. The Kier molecular flexibility index (Phi) is 5.56. The third-order valence-electron chi connectivity index (χ3n) is 3.15. The zero-order valence-electron chi connectivity index (χ0n) is 12.0. The van der Waals surface area contributed by atoms with Gasteiger partial charge in [0, 0.05) is 28.9 Å². The fourth-order valence-corrected chi connectivity index (χ4v) is 2.59. The molecule has 1 aromatic heterocycles. The minimum Gasteiger partial charge on any atom is -0.327 e. The first-order chi connectivity index (χ1) is 9.72. The van der Waals surface area contributed by atoms with E-state index in [0.29, 0.717) is 0 Å². The largest absolute Gasteiger partial charge is 0.327 e. The number of rotatable bonds is 6. The van der Waals surface area contributed by atoms with Gasteiger partial charge in [0.25, 0.3) is 0 Å². The molecule has 106 valence electrons. The van der Waals surface area contributed by atoms with Gasteiger partial charge in [0.2, 0.25) is 0 Å². The Hall–Kier alpha value is -1.39. The van der Waals surface area contributed by atoms with Crippen LogP contribution >= 0.6 is 11.8 Å². The summed E-state index contributed by atoms with van der Waals surface area (Å²) in [4.78, 5) is 10.2. The zero-order valence-corrected chi connectivity index (χ0v) is 12.9. The van der Waals surface area contributed by atoms with E-state index in [4.69, 9.17) is 5.73 Å². The fraction of sp³-hybridized carbons (Fsp3) is 0.375. The van der Waals surface area contributed by atoms with Gasteiger partial charge in [-0.2, -0.15) is 0 Å². The van der Waals surface area contributed by atoms with Crippen molar-refractivity contribution in [2.75, 3.05) is 5.75 Å². The van der Waals surface area contributed by atoms with E-state index >= 15 is 0 Å². The predicted octanol–water partition coefficient (Wildman–Crippen LogP) is 3.54. The normalized spacial score (nSPS) is 12.3. The van der Waals surface area contributed by atoms with Crippen molar-refractivity contribution in [3.63, 3.8) is 0 Å². The lowest BCUT2D eigenvalue weighted by molar-refractivity contribution is 0.643. The fourth-order valence-electron chi connectivity index (χ4n) is 1.92. The van der Waals surface area contributed by atoms with Gasteiger partial charge in [-0.1, -0.05) is 26.0 Å². The number of nitrogens with two attached hydrogens (primary N) is 1. The Morgan fingerprint density at radius 3 is 2.30 bits per heavy atom. The molecule has 0 aliphatic rings. The van der Waals surface area contributed by atoms with Crippen molar-refractivity contribution in [2.24, 2.45) is 5.73 Å². The van der Waals surface area contributed by atoms with Crippen molar-refractivity contribution in [3.8, 4) is 11.4 Å². The number of nitrogens with zero attached hydrogens (tertiary/aromatic N) is 2. The van der Waals surface area contributed by atoms with Gasteiger partial charge in [-0.05, 0) is 36.3 Å². The number of benzene rings is 1. The van der Waals surface area contributed by atoms with Gasteiger partial charge in [0.05, 0.1) is 0 Å². The smallest absolute Gasteiger partial charge is 0.159 e. The second-order valence-corrected chi connectivity index (χ2v) is 6.08. The lowest BCUT2D eigenvalue weighted by Crippen LogP contribution is -2.21. The van der Waals surface area contributed by atoms with Crippen LogP contribution in [0.1, 0.15) is 25.8 Å². The van der Waals surface area contributed by atoms with Gasteiger partial charge >= 0.3 is 0 Å². The summed E-state index contributed by atoms with van der Waals surface area (Å²) < 4.78 is 0. The Labute approximate surface area is 125 Å². The van der Waals surface area contributed by atoms with Crippen molar-refractivity contribution in [1.29, 1.82) is 0 Å². The number of aromatic nitrogens is 2. The molecule has 0 spiro atoms. The molecule has 0 amide bonds. The summed E-state index contributed by atoms with van der Waals surface area (Å²) in [6.07, 6.45) is 5.57. The van der Waals surface area contributed by atoms with Crippen LogP contribution in [0, 0.1) is 0 Å². The summed E-state index contributed by atoms with van der Waals surface area (Å²) in [5, 5.41) is 0. The molecule has 1 heterocycles. The first-order valence-electron chi connectivity index (χ1n) is 7.02. The van der Waals surface area contributed by atoms with E-state index in [1.54, 1.807) is 0 Å². The van der Waals surface area contributed by atoms with Crippen LogP contribution in [0.4, 0.5) is 0 Å². The summed E-state index contributed by atoms with van der Waals surface area (Å²) in [5.74, 6) is 1.86. The van der Waals surface area contributed by atoms with Gasteiger partial charge in [-0.15, -0.1) is 11.8 Å². The maximum atomic E-state index is 5.94. The summed E-state index contributed by atoms with van der Waals surface area (Å²) >= 11 is 1.84. The average molecular weight is 287 g/mol. The minimum absolute atomic E-state index is 0.190. The van der Waals surface area contributed by atoms with Gasteiger partial charge in [0.15, 0.2) is 5.82 Å². The molecule has 0 aliphatic carbocycles. The van der Waals surface area contributed by atoms with E-state index in [9.17, 15) is 0 Å². The van der Waals surface area contributed by atoms with Gasteiger partial charge in [-0.3, -0.25) is 0 Å². The predicted molar refractivity (Wildman–Crippen MR) is 85.8 cm³/mol. The van der Waals surface area contributed by atoms with Crippen LogP contribution in [-0.2, 0) is 6.42 Å². The summed E-state index contributed by atoms with van der Waals surface area (Å²) in [5.41, 5.74) is 8.09. The second kappa shape index (κ2) is 7.41. The first kappa shape index (κ1) is 15.0. The van der Waals surface area contributed by atoms with Gasteiger partial charge < -0.3 is 5.73 Å². The molecule has 1 unspecified atom stereocenters. The summed E-state index contributed by atoms with van der Waals surface area (Å²) in [6.45, 7) is 4.25. The van der Waals surface area contributed by atoms with Crippen LogP contribution in [0.15, 0.2) is 41.6 Å². The van der Waals surface area contributed by atoms with Gasteiger partial charge in [0.1, 0.15) is 0 Å². The van der Waals surface area contributed by atoms with E-state index in [1.807, 2.05) is 24.2 Å². The van der Waals surface area contributed by atoms with Crippen LogP contribution in [0.25, 0.3) is 11.4 Å². The Balaban J connectivity index is 2.09. The standard InChI is InChI=1S/C16H21N3S/c1-3-14(17)9-12-10-18-16(19-11-12)13-5-7-15(8-6-13)20-4-2/h5-8,10-11,14H,3-4,9,17H2,1-2H3. The summed E-state index contributed by atoms with van der Waals surface area (Å²) in [7, 11) is 0. The van der Waals surface area contributed by atoms with E-state index in [-0.39, 0.29) is 6.04 Å². The van der Waals surface area contributed by atoms with Crippen LogP contribution in [-0.4, -0.2) is 21.8 Å². The molecule has 4 heteroatoms. The van der Waals surface area contributed by atoms with Crippen molar-refractivity contribution in [1.82, 2.24) is 9.97 Å². The second-order valence-electron chi connectivity index (χ2n) is 4.74. The third kappa shape index (κ3) is 4.05. The monoisotopic (exact) mass is 287 g/mol. The van der Waals surface area contributed by atoms with Crippen molar-refractivity contribution >= 4 is 11.8 Å². The zero-order chi connectivity index (χ0) is 14.4. The maximum Gasteiger partial charge on any atom is 0.159 e. The molecule has 0 saturated carbocycles. The Bertz CT molecular complexity index is 522. The molecule has 0 bridgehead atoms. The van der Waals surface area contributed by atoms with Crippen molar-refractivity contribution < 1.29 is 0 Å². The SMILES string of the molecule is CCSc1ccc(-c2ncc(CC(N)CC)cn2)cc1. The topological polar surface area (TPSA) is 51.8 Å². The maximum absolute atomic E-state index is 5.94. The molecule has 0 radical (unpaired) electrons. The quantitative estimate of drug-likeness (QED) is 0.826. The lowest BCUT2D eigenvalue weighted by Gasteiger charge is -2.08. The van der Waals surface area contributed by atoms with E-state index in [1.165, 1.54) is 4.90 Å². The minimum atomic E-state index is 0.190. The highest BCUT2D eigenvalue weighted by molar-refractivity contribution is 7.99. The Morgan fingerprint density at radius 2 is 1.75 bits per heavy atom. The number of thioether (sulfide) groups is 1. The van der Waals surface area contributed by atoms with Crippen molar-refractivity contribution in [2.45, 2.75) is 37.6 Å². The van der Waals surface area contributed by atoms with Crippen LogP contribution in [0.5, 0.6) is 0 Å². The molecule has 0 fully saturated rings. The number of hydrogen-bond donors (Lipinski definition) is 1. The molecule has 3 nitrogen and oxygen atoms in total. The molecule has 2 rings (SSSR count). The van der Waals surface area contributed by atoms with Crippen LogP contribution in [0.2, 0.25) is 0 Å². The molecule has 20 heavy (non-hydrogen) atoms. The molecular formula is C16H21N3S. The van der Waals surface area contributed by atoms with Crippen LogP contribution < -0.4 is 5.73 Å². The lowest BCUT2D eigenvalue weighted by atomic mass is 10.1. The molecular weight excluding hydrogens is 266 g/mol. The third-order valence-corrected chi connectivity index (χ3v) is 4.05. The highest BCUT2D eigenvalue weighted by Crippen LogP contribution is 2.21. The molecule has 0 saturated heterocycles. The van der Waals surface area contributed by atoms with E-state index in [0.717, 1.165) is 35.5 Å². The molecule has 1 aromatic carbocycles. The number of hydrogen-bond acceptors (Lipinski definition) is 4. The average Bonchev–Trinajstić information content (AvgIpc) is 2.49.